The highest BCUT2D eigenvalue weighted by molar-refractivity contribution is 6.33. The van der Waals surface area contributed by atoms with Crippen LogP contribution in [-0.2, 0) is 0 Å². The highest BCUT2D eigenvalue weighted by Crippen LogP contribution is 2.22. The van der Waals surface area contributed by atoms with Crippen LogP contribution in [0.25, 0.3) is 0 Å². The molecule has 1 aliphatic heterocycles. The van der Waals surface area contributed by atoms with Gasteiger partial charge in [0, 0.05) is 18.7 Å². The lowest BCUT2D eigenvalue weighted by molar-refractivity contribution is 0.100. The van der Waals surface area contributed by atoms with E-state index in [0.29, 0.717) is 10.6 Å². The lowest BCUT2D eigenvalue weighted by atomic mass is 10.2. The molecule has 1 aromatic carbocycles. The minimum absolute atomic E-state index is 0.435. The molecule has 0 saturated carbocycles. The summed E-state index contributed by atoms with van der Waals surface area (Å²) < 4.78 is 0. The number of carbonyl (C=O) groups excluding carboxylic acids is 1. The number of rotatable bonds is 5. The van der Waals surface area contributed by atoms with Crippen molar-refractivity contribution in [1.29, 1.82) is 0 Å². The molecule has 5 heteroatoms. The molecule has 1 fully saturated rings. The number of carbonyl (C=O) groups is 1. The van der Waals surface area contributed by atoms with E-state index < -0.39 is 5.91 Å². The zero-order valence-corrected chi connectivity index (χ0v) is 11.0. The molecule has 98 valence electrons. The highest BCUT2D eigenvalue weighted by Gasteiger charge is 2.11. The maximum atomic E-state index is 11.0. The van der Waals surface area contributed by atoms with Gasteiger partial charge in [-0.15, -0.1) is 0 Å². The number of primary amides is 1. The normalized spacial score (nSPS) is 15.8. The largest absolute Gasteiger partial charge is 0.383 e. The second-order valence-electron chi connectivity index (χ2n) is 4.53. The molecule has 1 aromatic rings. The lowest BCUT2D eigenvalue weighted by Gasteiger charge is -2.16. The first-order chi connectivity index (χ1) is 8.66. The van der Waals surface area contributed by atoms with Gasteiger partial charge in [0.05, 0.1) is 10.7 Å². The molecule has 0 radical (unpaired) electrons. The Labute approximate surface area is 112 Å². The van der Waals surface area contributed by atoms with Crippen molar-refractivity contribution in [2.45, 2.75) is 12.8 Å². The molecule has 4 nitrogen and oxygen atoms in total. The van der Waals surface area contributed by atoms with Crippen LogP contribution in [0, 0.1) is 0 Å². The molecule has 1 saturated heterocycles. The fourth-order valence-electron chi connectivity index (χ4n) is 2.17. The number of halogens is 1. The maximum Gasteiger partial charge on any atom is 0.248 e. The van der Waals surface area contributed by atoms with Crippen molar-refractivity contribution in [1.82, 2.24) is 4.90 Å². The number of nitrogens with one attached hydrogen (secondary N) is 1. The first-order valence-corrected chi connectivity index (χ1v) is 6.60. The van der Waals surface area contributed by atoms with E-state index in [4.69, 9.17) is 17.3 Å². The molecule has 3 N–H and O–H groups in total. The van der Waals surface area contributed by atoms with Crippen LogP contribution >= 0.6 is 11.6 Å². The smallest absolute Gasteiger partial charge is 0.248 e. The minimum Gasteiger partial charge on any atom is -0.383 e. The Balaban J connectivity index is 1.87. The van der Waals surface area contributed by atoms with Gasteiger partial charge in [0.2, 0.25) is 5.91 Å². The van der Waals surface area contributed by atoms with Crippen LogP contribution < -0.4 is 11.1 Å². The van der Waals surface area contributed by atoms with Crippen LogP contribution in [0.5, 0.6) is 0 Å². The van der Waals surface area contributed by atoms with Crippen LogP contribution in [0.15, 0.2) is 18.2 Å². The van der Waals surface area contributed by atoms with Gasteiger partial charge in [-0.2, -0.15) is 0 Å². The molecule has 0 bridgehead atoms. The predicted octanol–water partition coefficient (Wildman–Crippen LogP) is 1.95. The van der Waals surface area contributed by atoms with E-state index >= 15 is 0 Å². The highest BCUT2D eigenvalue weighted by atomic mass is 35.5. The molecule has 2 rings (SSSR count). The van der Waals surface area contributed by atoms with E-state index in [1.54, 1.807) is 18.2 Å². The number of amides is 1. The fourth-order valence-corrected chi connectivity index (χ4v) is 2.41. The van der Waals surface area contributed by atoms with Crippen molar-refractivity contribution in [3.63, 3.8) is 0 Å². The van der Waals surface area contributed by atoms with E-state index in [1.807, 2.05) is 0 Å². The zero-order chi connectivity index (χ0) is 13.0. The molecule has 0 aliphatic carbocycles. The molecule has 18 heavy (non-hydrogen) atoms. The summed E-state index contributed by atoms with van der Waals surface area (Å²) in [6.07, 6.45) is 2.60. The van der Waals surface area contributed by atoms with E-state index in [9.17, 15) is 4.79 Å². The number of benzene rings is 1. The number of nitrogens with zero attached hydrogens (tertiary/aromatic N) is 1. The van der Waals surface area contributed by atoms with Gasteiger partial charge in [0.1, 0.15) is 0 Å². The summed E-state index contributed by atoms with van der Waals surface area (Å²) in [4.78, 5) is 13.4. The lowest BCUT2D eigenvalue weighted by Crippen LogP contribution is -2.26. The third-order valence-electron chi connectivity index (χ3n) is 3.20. The third kappa shape index (κ3) is 3.37. The molecular weight excluding hydrogens is 250 g/mol. The quantitative estimate of drug-likeness (QED) is 0.857. The molecule has 1 amide bonds. The first kappa shape index (κ1) is 13.2. The molecule has 0 aromatic heterocycles. The summed E-state index contributed by atoms with van der Waals surface area (Å²) in [5.74, 6) is -0.458. The average Bonchev–Trinajstić information content (AvgIpc) is 2.84. The van der Waals surface area contributed by atoms with Crippen molar-refractivity contribution in [3.8, 4) is 0 Å². The second kappa shape index (κ2) is 6.07. The summed E-state index contributed by atoms with van der Waals surface area (Å²) in [6.45, 7) is 4.26. The summed E-state index contributed by atoms with van der Waals surface area (Å²) in [7, 11) is 0. The summed E-state index contributed by atoms with van der Waals surface area (Å²) in [5, 5.41) is 3.82. The number of nitrogens with two attached hydrogens (primary N) is 1. The number of anilines is 1. The molecule has 0 spiro atoms. The molecule has 0 atom stereocenters. The Morgan fingerprint density at radius 2 is 2.11 bits per heavy atom. The van der Waals surface area contributed by atoms with Gasteiger partial charge in [0.15, 0.2) is 0 Å². The fraction of sp³-hybridized carbons (Fsp3) is 0.462. The number of hydrogen-bond donors (Lipinski definition) is 2. The summed E-state index contributed by atoms with van der Waals surface area (Å²) in [5.41, 5.74) is 6.47. The van der Waals surface area contributed by atoms with Gasteiger partial charge in [-0.05, 0) is 44.1 Å². The maximum absolute atomic E-state index is 11.0. The monoisotopic (exact) mass is 267 g/mol. The van der Waals surface area contributed by atoms with Crippen molar-refractivity contribution in [3.05, 3.63) is 28.8 Å². The van der Waals surface area contributed by atoms with E-state index in [1.165, 1.54) is 25.9 Å². The second-order valence-corrected chi connectivity index (χ2v) is 4.94. The average molecular weight is 268 g/mol. The predicted molar refractivity (Wildman–Crippen MR) is 74.1 cm³/mol. The van der Waals surface area contributed by atoms with Crippen LogP contribution in [0.4, 0.5) is 5.69 Å². The Kier molecular flexibility index (Phi) is 4.44. The van der Waals surface area contributed by atoms with Crippen LogP contribution in [0.1, 0.15) is 23.2 Å². The Hall–Kier alpha value is -1.26. The molecule has 1 aliphatic rings. The first-order valence-electron chi connectivity index (χ1n) is 6.22. The van der Waals surface area contributed by atoms with Crippen molar-refractivity contribution >= 4 is 23.2 Å². The van der Waals surface area contributed by atoms with Gasteiger partial charge in [-0.25, -0.2) is 0 Å². The number of hydrogen-bond acceptors (Lipinski definition) is 3. The summed E-state index contributed by atoms with van der Waals surface area (Å²) >= 11 is 6.09. The molecular formula is C13H18ClN3O. The van der Waals surface area contributed by atoms with Gasteiger partial charge in [-0.1, -0.05) is 11.6 Å². The topological polar surface area (TPSA) is 58.4 Å². The Bertz CT molecular complexity index is 430. The molecule has 0 unspecified atom stereocenters. The SMILES string of the molecule is NC(=O)c1ccc(NCCN2CCCC2)c(Cl)c1. The van der Waals surface area contributed by atoms with Gasteiger partial charge < -0.3 is 16.0 Å². The van der Waals surface area contributed by atoms with Crippen molar-refractivity contribution in [2.75, 3.05) is 31.5 Å². The van der Waals surface area contributed by atoms with Crippen molar-refractivity contribution < 1.29 is 4.79 Å². The third-order valence-corrected chi connectivity index (χ3v) is 3.51. The van der Waals surface area contributed by atoms with Gasteiger partial charge in [0.25, 0.3) is 0 Å². The Morgan fingerprint density at radius 3 is 2.72 bits per heavy atom. The van der Waals surface area contributed by atoms with Gasteiger partial charge >= 0.3 is 0 Å². The number of likely N-dealkylation sites (tertiary alicyclic amines) is 1. The van der Waals surface area contributed by atoms with E-state index in [2.05, 4.69) is 10.2 Å². The van der Waals surface area contributed by atoms with E-state index in [-0.39, 0.29) is 0 Å². The zero-order valence-electron chi connectivity index (χ0n) is 10.3. The molecule has 1 heterocycles. The van der Waals surface area contributed by atoms with Crippen LogP contribution in [-0.4, -0.2) is 37.0 Å². The van der Waals surface area contributed by atoms with Crippen LogP contribution in [0.3, 0.4) is 0 Å². The minimum atomic E-state index is -0.458. The standard InChI is InChI=1S/C13H18ClN3O/c14-11-9-10(13(15)18)3-4-12(11)16-5-8-17-6-1-2-7-17/h3-4,9,16H,1-2,5-8H2,(H2,15,18). The van der Waals surface area contributed by atoms with Crippen LogP contribution in [0.2, 0.25) is 5.02 Å². The van der Waals surface area contributed by atoms with Crippen molar-refractivity contribution in [2.24, 2.45) is 5.73 Å². The van der Waals surface area contributed by atoms with E-state index in [0.717, 1.165) is 18.8 Å². The summed E-state index contributed by atoms with van der Waals surface area (Å²) in [6, 6.07) is 5.08. The Morgan fingerprint density at radius 1 is 1.39 bits per heavy atom. The van der Waals surface area contributed by atoms with Gasteiger partial charge in [-0.3, -0.25) is 4.79 Å².